The van der Waals surface area contributed by atoms with E-state index in [1.807, 2.05) is 32.0 Å². The highest BCUT2D eigenvalue weighted by molar-refractivity contribution is 5.42. The number of nitrogens with two attached hydrogens (primary N) is 1. The molecule has 3 N–H and O–H groups in total. The van der Waals surface area contributed by atoms with E-state index in [1.165, 1.54) is 4.68 Å². The molecule has 0 saturated heterocycles. The van der Waals surface area contributed by atoms with Crippen LogP contribution >= 0.6 is 0 Å². The predicted molar refractivity (Wildman–Crippen MR) is 68.9 cm³/mol. The van der Waals surface area contributed by atoms with Crippen LogP contribution in [0.2, 0.25) is 0 Å². The highest BCUT2D eigenvalue weighted by Gasteiger charge is 2.10. The lowest BCUT2D eigenvalue weighted by molar-refractivity contribution is 0.457. The molecule has 0 bridgehead atoms. The van der Waals surface area contributed by atoms with Crippen molar-refractivity contribution in [2.24, 2.45) is 5.73 Å². The molecule has 0 spiro atoms. The molecular weight excluding hydrogens is 230 g/mol. The van der Waals surface area contributed by atoms with Gasteiger partial charge in [0.05, 0.1) is 5.69 Å². The van der Waals surface area contributed by atoms with Gasteiger partial charge in [0.25, 0.3) is 5.56 Å². The molecule has 0 fully saturated rings. The zero-order valence-electron chi connectivity index (χ0n) is 10.3. The van der Waals surface area contributed by atoms with Crippen LogP contribution in [-0.4, -0.2) is 14.9 Å². The Morgan fingerprint density at radius 1 is 1.33 bits per heavy atom. The molecule has 2 aromatic rings. The summed E-state index contributed by atoms with van der Waals surface area (Å²) < 4.78 is 1.27. The van der Waals surface area contributed by atoms with E-state index in [-0.39, 0.29) is 17.9 Å². The second-order valence-electron chi connectivity index (χ2n) is 4.22. The minimum atomic E-state index is -0.376. The van der Waals surface area contributed by atoms with Crippen molar-refractivity contribution in [3.63, 3.8) is 0 Å². The zero-order chi connectivity index (χ0) is 13.3. The van der Waals surface area contributed by atoms with Crippen LogP contribution in [0.25, 0.3) is 5.69 Å². The number of benzene rings is 1. The topological polar surface area (TPSA) is 81.1 Å². The first kappa shape index (κ1) is 12.3. The van der Waals surface area contributed by atoms with Gasteiger partial charge in [0.2, 0.25) is 0 Å². The van der Waals surface area contributed by atoms with Crippen LogP contribution in [0, 0.1) is 13.8 Å². The van der Waals surface area contributed by atoms with Gasteiger partial charge in [0, 0.05) is 12.6 Å². The van der Waals surface area contributed by atoms with Crippen LogP contribution in [0.15, 0.2) is 29.1 Å². The highest BCUT2D eigenvalue weighted by atomic mass is 16.3. The predicted octanol–water partition coefficient (Wildman–Crippen LogP) is 1.01. The van der Waals surface area contributed by atoms with Crippen LogP contribution in [0.5, 0.6) is 5.75 Å². The number of nitrogens with zero attached hydrogens (tertiary/aromatic N) is 2. The summed E-state index contributed by atoms with van der Waals surface area (Å²) in [7, 11) is 0. The van der Waals surface area contributed by atoms with E-state index < -0.39 is 0 Å². The van der Waals surface area contributed by atoms with Crippen LogP contribution in [0.3, 0.4) is 0 Å². The molecule has 2 rings (SSSR count). The smallest absolute Gasteiger partial charge is 0.275 e. The fourth-order valence-corrected chi connectivity index (χ4v) is 1.75. The normalized spacial score (nSPS) is 10.6. The van der Waals surface area contributed by atoms with Crippen molar-refractivity contribution < 1.29 is 5.11 Å². The van der Waals surface area contributed by atoms with Crippen molar-refractivity contribution in [3.05, 3.63) is 51.4 Å². The van der Waals surface area contributed by atoms with Gasteiger partial charge in [-0.1, -0.05) is 12.1 Å². The van der Waals surface area contributed by atoms with Crippen molar-refractivity contribution in [2.45, 2.75) is 20.4 Å². The van der Waals surface area contributed by atoms with E-state index >= 15 is 0 Å². The maximum atomic E-state index is 11.9. The number of aryl methyl sites for hydroxylation is 2. The third-order valence-corrected chi connectivity index (χ3v) is 2.77. The molecule has 5 nitrogen and oxygen atoms in total. The molecule has 0 aliphatic heterocycles. The maximum absolute atomic E-state index is 11.9. The minimum absolute atomic E-state index is 0.0803. The largest absolute Gasteiger partial charge is 0.506 e. The summed E-state index contributed by atoms with van der Waals surface area (Å²) in [5, 5.41) is 13.6. The molecule has 1 heterocycles. The fourth-order valence-electron chi connectivity index (χ4n) is 1.75. The molecule has 0 aliphatic rings. The third kappa shape index (κ3) is 2.12. The van der Waals surface area contributed by atoms with Gasteiger partial charge in [-0.15, -0.1) is 0 Å². The van der Waals surface area contributed by atoms with Crippen LogP contribution < -0.4 is 11.3 Å². The maximum Gasteiger partial charge on any atom is 0.275 e. The molecule has 0 radical (unpaired) electrons. The summed E-state index contributed by atoms with van der Waals surface area (Å²) in [5.74, 6) is -0.163. The number of hydrogen-bond donors (Lipinski definition) is 2. The Kier molecular flexibility index (Phi) is 3.16. The third-order valence-electron chi connectivity index (χ3n) is 2.77. The summed E-state index contributed by atoms with van der Waals surface area (Å²) in [6.07, 6.45) is 0. The van der Waals surface area contributed by atoms with Gasteiger partial charge in [0.15, 0.2) is 0 Å². The van der Waals surface area contributed by atoms with Crippen molar-refractivity contribution in [1.29, 1.82) is 0 Å². The van der Waals surface area contributed by atoms with Gasteiger partial charge in [-0.25, -0.2) is 0 Å². The first-order chi connectivity index (χ1) is 8.52. The molecule has 18 heavy (non-hydrogen) atoms. The Bertz CT molecular complexity index is 647. The lowest BCUT2D eigenvalue weighted by Crippen LogP contribution is -2.23. The molecule has 0 aliphatic carbocycles. The number of hydrogen-bond acceptors (Lipinski definition) is 4. The van der Waals surface area contributed by atoms with E-state index in [1.54, 1.807) is 0 Å². The van der Waals surface area contributed by atoms with Crippen molar-refractivity contribution in [3.8, 4) is 11.4 Å². The van der Waals surface area contributed by atoms with Crippen LogP contribution in [0.1, 0.15) is 16.8 Å². The van der Waals surface area contributed by atoms with E-state index in [4.69, 9.17) is 5.73 Å². The van der Waals surface area contributed by atoms with Crippen molar-refractivity contribution >= 4 is 0 Å². The average molecular weight is 245 g/mol. The lowest BCUT2D eigenvalue weighted by atomic mass is 10.1. The van der Waals surface area contributed by atoms with E-state index in [0.717, 1.165) is 17.2 Å². The van der Waals surface area contributed by atoms with E-state index in [9.17, 15) is 9.90 Å². The molecule has 0 atom stereocenters. The SMILES string of the molecule is Cc1ccc(C)c(-n2nc(CN)c(O)cc2=O)c1. The first-order valence-corrected chi connectivity index (χ1v) is 5.63. The molecule has 0 unspecified atom stereocenters. The van der Waals surface area contributed by atoms with Gasteiger partial charge in [-0.2, -0.15) is 9.78 Å². The van der Waals surface area contributed by atoms with Crippen LogP contribution in [0.4, 0.5) is 0 Å². The zero-order valence-corrected chi connectivity index (χ0v) is 10.3. The second-order valence-corrected chi connectivity index (χ2v) is 4.22. The second kappa shape index (κ2) is 4.62. The van der Waals surface area contributed by atoms with Gasteiger partial charge >= 0.3 is 0 Å². The molecule has 94 valence electrons. The average Bonchev–Trinajstić information content (AvgIpc) is 2.33. The van der Waals surface area contributed by atoms with Gasteiger partial charge in [-0.05, 0) is 31.0 Å². The van der Waals surface area contributed by atoms with Crippen molar-refractivity contribution in [1.82, 2.24) is 9.78 Å². The lowest BCUT2D eigenvalue weighted by Gasteiger charge is -2.10. The van der Waals surface area contributed by atoms with Gasteiger partial charge < -0.3 is 10.8 Å². The van der Waals surface area contributed by atoms with Crippen LogP contribution in [-0.2, 0) is 6.54 Å². The van der Waals surface area contributed by atoms with Crippen molar-refractivity contribution in [2.75, 3.05) is 0 Å². The first-order valence-electron chi connectivity index (χ1n) is 5.63. The summed E-state index contributed by atoms with van der Waals surface area (Å²) in [4.78, 5) is 11.9. The van der Waals surface area contributed by atoms with E-state index in [2.05, 4.69) is 5.10 Å². The number of aromatic nitrogens is 2. The Balaban J connectivity index is 2.71. The Morgan fingerprint density at radius 3 is 2.72 bits per heavy atom. The summed E-state index contributed by atoms with van der Waals surface area (Å²) in [6, 6.07) is 6.90. The minimum Gasteiger partial charge on any atom is -0.506 e. The Morgan fingerprint density at radius 2 is 2.06 bits per heavy atom. The number of aromatic hydroxyl groups is 1. The summed E-state index contributed by atoms with van der Waals surface area (Å²) >= 11 is 0. The Hall–Kier alpha value is -2.14. The molecule has 1 aromatic carbocycles. The molecule has 1 aromatic heterocycles. The highest BCUT2D eigenvalue weighted by Crippen LogP contribution is 2.16. The standard InChI is InChI=1S/C13H15N3O2/c1-8-3-4-9(2)11(5-8)16-13(18)6-12(17)10(7-14)15-16/h3-6,17H,7,14H2,1-2H3. The Labute approximate surface area is 104 Å². The monoisotopic (exact) mass is 245 g/mol. The van der Waals surface area contributed by atoms with Gasteiger partial charge in [-0.3, -0.25) is 4.79 Å². The molecule has 0 amide bonds. The summed E-state index contributed by atoms with van der Waals surface area (Å²) in [5.41, 5.74) is 8.07. The van der Waals surface area contributed by atoms with E-state index in [0.29, 0.717) is 11.4 Å². The molecular formula is C13H15N3O2. The number of rotatable bonds is 2. The molecule has 5 heteroatoms. The summed E-state index contributed by atoms with van der Waals surface area (Å²) in [6.45, 7) is 3.92. The van der Waals surface area contributed by atoms with Gasteiger partial charge in [0.1, 0.15) is 11.4 Å². The molecule has 0 saturated carbocycles. The fraction of sp³-hybridized carbons (Fsp3) is 0.231. The quantitative estimate of drug-likeness (QED) is 0.827.